The second kappa shape index (κ2) is 14.4. The number of aromatic nitrogens is 2. The molecule has 0 saturated carbocycles. The first-order chi connectivity index (χ1) is 26.0. The van der Waals surface area contributed by atoms with Crippen LogP contribution in [0.25, 0.3) is 11.4 Å². The smallest absolute Gasteiger partial charge is 0.297 e. The van der Waals surface area contributed by atoms with Crippen molar-refractivity contribution in [2.45, 2.75) is 50.2 Å². The lowest BCUT2D eigenvalue weighted by Crippen LogP contribution is -2.51. The molecule has 0 unspecified atom stereocenters. The number of anilines is 1. The van der Waals surface area contributed by atoms with E-state index in [0.717, 1.165) is 11.3 Å². The van der Waals surface area contributed by atoms with Crippen molar-refractivity contribution in [2.24, 2.45) is 5.92 Å². The van der Waals surface area contributed by atoms with Crippen LogP contribution < -0.4 is 35.4 Å². The highest BCUT2D eigenvalue weighted by atomic mass is 28.3. The van der Waals surface area contributed by atoms with E-state index in [4.69, 9.17) is 18.9 Å². The van der Waals surface area contributed by atoms with Crippen LogP contribution in [-0.2, 0) is 21.7 Å². The molecular weight excluding hydrogens is 703 g/mol. The largest absolute Gasteiger partial charge is 0.497 e. The van der Waals surface area contributed by atoms with Gasteiger partial charge in [-0.1, -0.05) is 49.5 Å². The van der Waals surface area contributed by atoms with E-state index in [1.165, 1.54) is 28.5 Å². The van der Waals surface area contributed by atoms with Gasteiger partial charge in [-0.2, -0.15) is 0 Å². The molecule has 1 amide bonds. The molecule has 11 nitrogen and oxygen atoms in total. The number of pyridine rings is 2. The number of aliphatic hydroxyl groups is 1. The van der Waals surface area contributed by atoms with Gasteiger partial charge >= 0.3 is 0 Å². The Morgan fingerprint density at radius 1 is 0.778 bits per heavy atom. The van der Waals surface area contributed by atoms with Crippen LogP contribution in [0.15, 0.2) is 113 Å². The Bertz CT molecular complexity index is 2320. The fourth-order valence-corrected chi connectivity index (χ4v) is 12.7. The standard InChI is InChI=1S/C42H45N3O8Si/c1-27-38(54(5,6)32-17-15-31(50-2)16-18-32)35(20-23-46)53-42(27)33-25-30(44-22-9-13-37(52-4)40(44)48)14-19-34(33)45(41(42)49)26-28-10-7-11-29(24-28)43-21-8-12-36(51-3)39(43)47/h7-19,21-22,24-25,27,35,38,46H,20,23,26H2,1-6H3/t27-,35+,38-,42+/m1/s1. The Morgan fingerprint density at radius 2 is 1.41 bits per heavy atom. The molecule has 1 spiro atoms. The van der Waals surface area contributed by atoms with Gasteiger partial charge in [0.2, 0.25) is 0 Å². The summed E-state index contributed by atoms with van der Waals surface area (Å²) < 4.78 is 26.2. The molecule has 280 valence electrons. The van der Waals surface area contributed by atoms with Crippen LogP contribution in [-0.4, -0.2) is 62.3 Å². The number of carbonyl (C=O) groups is 1. The Morgan fingerprint density at radius 3 is 2.00 bits per heavy atom. The van der Waals surface area contributed by atoms with E-state index in [1.807, 2.05) is 54.6 Å². The molecule has 3 aromatic carbocycles. The molecule has 5 aromatic rings. The molecule has 4 heterocycles. The monoisotopic (exact) mass is 747 g/mol. The Kier molecular flexibility index (Phi) is 9.86. The van der Waals surface area contributed by atoms with E-state index in [2.05, 4.69) is 32.2 Å². The van der Waals surface area contributed by atoms with Gasteiger partial charge in [-0.05, 0) is 84.3 Å². The van der Waals surface area contributed by atoms with Gasteiger partial charge in [0.25, 0.3) is 17.0 Å². The number of methoxy groups -OCH3 is 3. The number of ether oxygens (including phenoxy) is 4. The van der Waals surface area contributed by atoms with E-state index in [0.29, 0.717) is 29.0 Å². The van der Waals surface area contributed by atoms with Crippen molar-refractivity contribution < 1.29 is 28.8 Å². The van der Waals surface area contributed by atoms with Crippen LogP contribution in [0, 0.1) is 5.92 Å². The zero-order valence-electron chi connectivity index (χ0n) is 31.3. The maximum atomic E-state index is 15.3. The highest BCUT2D eigenvalue weighted by Gasteiger charge is 2.66. The van der Waals surface area contributed by atoms with Gasteiger partial charge in [0, 0.05) is 41.9 Å². The maximum Gasteiger partial charge on any atom is 0.297 e. The number of hydrogen-bond acceptors (Lipinski definition) is 8. The van der Waals surface area contributed by atoms with E-state index >= 15 is 4.79 Å². The quantitative estimate of drug-likeness (QED) is 0.184. The van der Waals surface area contributed by atoms with Crippen LogP contribution in [0.3, 0.4) is 0 Å². The first-order valence-electron chi connectivity index (χ1n) is 18.0. The van der Waals surface area contributed by atoms with Gasteiger partial charge in [0.05, 0.1) is 47.7 Å². The Labute approximate surface area is 314 Å². The van der Waals surface area contributed by atoms with Crippen molar-refractivity contribution in [3.05, 3.63) is 135 Å². The van der Waals surface area contributed by atoms with E-state index < -0.39 is 19.8 Å². The SMILES string of the molecule is COc1ccc([Si](C)(C)[C@H]2[C@H](CCO)O[C@@]3(C(=O)N(Cc4cccc(-n5cccc(OC)c5=O)c4)c4ccc(-n5cccc(OC)c5=O)cc43)[C@@H]2C)cc1. The number of carbonyl (C=O) groups excluding carboxylic acids is 1. The van der Waals surface area contributed by atoms with E-state index in [-0.39, 0.29) is 53.1 Å². The second-order valence-corrected chi connectivity index (χ2v) is 19.1. The molecule has 7 rings (SSSR count). The molecule has 12 heteroatoms. The Balaban J connectivity index is 1.37. The molecule has 54 heavy (non-hydrogen) atoms. The molecule has 1 fully saturated rings. The van der Waals surface area contributed by atoms with Gasteiger partial charge < -0.3 is 29.0 Å². The summed E-state index contributed by atoms with van der Waals surface area (Å²) in [7, 11) is 2.14. The van der Waals surface area contributed by atoms with Crippen molar-refractivity contribution in [3.63, 3.8) is 0 Å². The third-order valence-corrected chi connectivity index (χ3v) is 15.7. The number of amides is 1. The molecule has 0 aliphatic carbocycles. The molecular formula is C42H45N3O8Si. The molecule has 1 saturated heterocycles. The van der Waals surface area contributed by atoms with Crippen molar-refractivity contribution in [1.29, 1.82) is 0 Å². The van der Waals surface area contributed by atoms with E-state index in [9.17, 15) is 14.7 Å². The summed E-state index contributed by atoms with van der Waals surface area (Å²) in [5, 5.41) is 11.5. The van der Waals surface area contributed by atoms with Crippen LogP contribution in [0.4, 0.5) is 5.69 Å². The van der Waals surface area contributed by atoms with Crippen molar-refractivity contribution >= 4 is 24.9 Å². The molecule has 2 aliphatic heterocycles. The molecule has 2 aliphatic rings. The molecule has 2 aromatic heterocycles. The predicted octanol–water partition coefficient (Wildman–Crippen LogP) is 5.16. The summed E-state index contributed by atoms with van der Waals surface area (Å²) in [6.07, 6.45) is 3.30. The number of fused-ring (bicyclic) bond motifs is 2. The predicted molar refractivity (Wildman–Crippen MR) is 210 cm³/mol. The van der Waals surface area contributed by atoms with Crippen LogP contribution in [0.2, 0.25) is 18.6 Å². The molecule has 0 radical (unpaired) electrons. The summed E-state index contributed by atoms with van der Waals surface area (Å²) in [6, 6.07) is 27.9. The second-order valence-electron chi connectivity index (χ2n) is 14.4. The fraction of sp³-hybridized carbons (Fsp3) is 0.310. The minimum absolute atomic E-state index is 0.0683. The Hall–Kier alpha value is -5.43. The first-order valence-corrected chi connectivity index (χ1v) is 21.1. The summed E-state index contributed by atoms with van der Waals surface area (Å²) in [5.74, 6) is 0.655. The van der Waals surface area contributed by atoms with Crippen LogP contribution >= 0.6 is 0 Å². The lowest BCUT2D eigenvalue weighted by atomic mass is 9.82. The number of rotatable bonds is 11. The molecule has 1 N–H and O–H groups in total. The highest BCUT2D eigenvalue weighted by molar-refractivity contribution is 6.91. The zero-order valence-corrected chi connectivity index (χ0v) is 32.3. The van der Waals surface area contributed by atoms with E-state index in [1.54, 1.807) is 48.7 Å². The van der Waals surface area contributed by atoms with Crippen molar-refractivity contribution in [2.75, 3.05) is 32.8 Å². The fourth-order valence-electron chi connectivity index (χ4n) is 8.66. The number of aliphatic hydroxyl groups excluding tert-OH is 1. The average molecular weight is 748 g/mol. The minimum atomic E-state index is -2.42. The third-order valence-electron chi connectivity index (χ3n) is 11.3. The molecule has 4 atom stereocenters. The number of nitrogens with zero attached hydrogens (tertiary/aromatic N) is 3. The normalized spacial score (nSPS) is 20.7. The van der Waals surface area contributed by atoms with Gasteiger partial charge in [-0.3, -0.25) is 23.5 Å². The number of hydrogen-bond donors (Lipinski definition) is 1. The van der Waals surface area contributed by atoms with Gasteiger partial charge in [0.1, 0.15) is 5.75 Å². The maximum absolute atomic E-state index is 15.3. The van der Waals surface area contributed by atoms with Crippen LogP contribution in [0.1, 0.15) is 24.5 Å². The summed E-state index contributed by atoms with van der Waals surface area (Å²) >= 11 is 0. The van der Waals surface area contributed by atoms with Crippen molar-refractivity contribution in [3.8, 4) is 28.6 Å². The minimum Gasteiger partial charge on any atom is -0.497 e. The summed E-state index contributed by atoms with van der Waals surface area (Å²) in [6.45, 7) is 6.77. The van der Waals surface area contributed by atoms with Gasteiger partial charge in [-0.25, -0.2) is 0 Å². The zero-order chi connectivity index (χ0) is 38.4. The first kappa shape index (κ1) is 36.9. The van der Waals surface area contributed by atoms with Crippen LogP contribution in [0.5, 0.6) is 17.2 Å². The summed E-state index contributed by atoms with van der Waals surface area (Å²) in [4.78, 5) is 43.7. The van der Waals surface area contributed by atoms with Crippen molar-refractivity contribution in [1.82, 2.24) is 9.13 Å². The summed E-state index contributed by atoms with van der Waals surface area (Å²) in [5.41, 5.74) is 1.23. The van der Waals surface area contributed by atoms with Gasteiger partial charge in [0.15, 0.2) is 17.1 Å². The molecule has 0 bridgehead atoms. The van der Waals surface area contributed by atoms with Gasteiger partial charge in [-0.15, -0.1) is 0 Å². The highest BCUT2D eigenvalue weighted by Crippen LogP contribution is 2.60. The lowest BCUT2D eigenvalue weighted by Gasteiger charge is -2.37. The topological polar surface area (TPSA) is 121 Å². The average Bonchev–Trinajstić information content (AvgIpc) is 3.61. The third kappa shape index (κ3) is 5.94. The number of benzene rings is 3. The lowest BCUT2D eigenvalue weighted by molar-refractivity contribution is -0.146.